The Labute approximate surface area is 138 Å². The van der Waals surface area contributed by atoms with Gasteiger partial charge in [-0.15, -0.1) is 0 Å². The summed E-state index contributed by atoms with van der Waals surface area (Å²) in [6.07, 6.45) is 2.41. The summed E-state index contributed by atoms with van der Waals surface area (Å²) in [5.74, 6) is -0.311. The fraction of sp³-hybridized carbons (Fsp3) is 0.500. The summed E-state index contributed by atoms with van der Waals surface area (Å²) < 4.78 is 23.3. The number of hydrogen-bond donors (Lipinski definition) is 1. The highest BCUT2D eigenvalue weighted by atomic mass is 79.9. The van der Waals surface area contributed by atoms with Crippen molar-refractivity contribution < 1.29 is 13.2 Å². The second-order valence-electron chi connectivity index (χ2n) is 4.87. The van der Waals surface area contributed by atoms with Gasteiger partial charge in [0.1, 0.15) is 0 Å². The smallest absolute Gasteiger partial charge is 0.261 e. The Morgan fingerprint density at radius 2 is 1.76 bits per heavy atom. The summed E-state index contributed by atoms with van der Waals surface area (Å²) in [5.41, 5.74) is -0.0247. The molecule has 0 spiro atoms. The van der Waals surface area contributed by atoms with Gasteiger partial charge < -0.3 is 5.32 Å². The van der Waals surface area contributed by atoms with Crippen molar-refractivity contribution in [3.63, 3.8) is 0 Å². The Morgan fingerprint density at radius 1 is 1.24 bits per heavy atom. The van der Waals surface area contributed by atoms with E-state index < -0.39 is 9.05 Å². The van der Waals surface area contributed by atoms with E-state index in [1.807, 2.05) is 20.8 Å². The van der Waals surface area contributed by atoms with Crippen LogP contribution >= 0.6 is 26.6 Å². The van der Waals surface area contributed by atoms with Crippen molar-refractivity contribution in [3.05, 3.63) is 28.2 Å². The van der Waals surface area contributed by atoms with Gasteiger partial charge in [0, 0.05) is 20.7 Å². The second-order valence-corrected chi connectivity index (χ2v) is 8.29. The summed E-state index contributed by atoms with van der Waals surface area (Å²) >= 11 is 3.27. The van der Waals surface area contributed by atoms with Crippen LogP contribution in [-0.2, 0) is 9.05 Å². The topological polar surface area (TPSA) is 63.2 Å². The molecular formula is C14H19BrClNO3S. The molecule has 0 heterocycles. The van der Waals surface area contributed by atoms with Gasteiger partial charge >= 0.3 is 0 Å². The van der Waals surface area contributed by atoms with Crippen molar-refractivity contribution in [2.24, 2.45) is 0 Å². The number of benzene rings is 1. The van der Waals surface area contributed by atoms with Crippen LogP contribution in [0.5, 0.6) is 0 Å². The first kappa shape index (κ1) is 18.5. The van der Waals surface area contributed by atoms with E-state index in [2.05, 4.69) is 21.2 Å². The summed E-state index contributed by atoms with van der Waals surface area (Å²) in [5, 5.41) is 3.01. The van der Waals surface area contributed by atoms with E-state index in [-0.39, 0.29) is 21.9 Å². The molecule has 0 unspecified atom stereocenters. The number of rotatable bonds is 6. The fourth-order valence-corrected chi connectivity index (χ4v) is 3.36. The molecule has 1 aromatic rings. The fourth-order valence-electron chi connectivity index (χ4n) is 2.15. The first-order chi connectivity index (χ1) is 9.69. The van der Waals surface area contributed by atoms with Gasteiger partial charge in [0.05, 0.1) is 10.5 Å². The highest BCUT2D eigenvalue weighted by Crippen LogP contribution is 2.25. The Balaban J connectivity index is 3.19. The highest BCUT2D eigenvalue weighted by Gasteiger charge is 2.27. The van der Waals surface area contributed by atoms with Gasteiger partial charge in [0.15, 0.2) is 0 Å². The molecule has 0 aliphatic heterocycles. The SMILES string of the molecule is CCC(CC)(CC)NC(=O)c1cc(S(=O)(=O)Cl)ccc1Br. The third-order valence-electron chi connectivity index (χ3n) is 3.87. The van der Waals surface area contributed by atoms with E-state index >= 15 is 0 Å². The van der Waals surface area contributed by atoms with E-state index in [4.69, 9.17) is 10.7 Å². The summed E-state index contributed by atoms with van der Waals surface area (Å²) in [6, 6.07) is 4.15. The van der Waals surface area contributed by atoms with Gasteiger partial charge in [-0.1, -0.05) is 20.8 Å². The first-order valence-electron chi connectivity index (χ1n) is 6.75. The van der Waals surface area contributed by atoms with Gasteiger partial charge in [0.25, 0.3) is 15.0 Å². The van der Waals surface area contributed by atoms with Crippen molar-refractivity contribution in [2.75, 3.05) is 0 Å². The number of halogens is 2. The molecule has 118 valence electrons. The van der Waals surface area contributed by atoms with Crippen LogP contribution in [0.2, 0.25) is 0 Å². The lowest BCUT2D eigenvalue weighted by atomic mass is 9.89. The zero-order valence-electron chi connectivity index (χ0n) is 12.2. The van der Waals surface area contributed by atoms with Crippen molar-refractivity contribution in [1.82, 2.24) is 5.32 Å². The molecule has 21 heavy (non-hydrogen) atoms. The number of hydrogen-bond acceptors (Lipinski definition) is 3. The Hall–Kier alpha value is -0.590. The first-order valence-corrected chi connectivity index (χ1v) is 9.86. The van der Waals surface area contributed by atoms with Crippen molar-refractivity contribution in [3.8, 4) is 0 Å². The van der Waals surface area contributed by atoms with Crippen molar-refractivity contribution >= 4 is 41.6 Å². The monoisotopic (exact) mass is 395 g/mol. The van der Waals surface area contributed by atoms with Crippen LogP contribution in [0.15, 0.2) is 27.6 Å². The lowest BCUT2D eigenvalue weighted by Gasteiger charge is -2.32. The summed E-state index contributed by atoms with van der Waals surface area (Å²) in [6.45, 7) is 6.05. The van der Waals surface area contributed by atoms with E-state index in [0.29, 0.717) is 4.47 Å². The van der Waals surface area contributed by atoms with Crippen molar-refractivity contribution in [2.45, 2.75) is 50.5 Å². The quantitative estimate of drug-likeness (QED) is 0.737. The predicted octanol–water partition coefficient (Wildman–Crippen LogP) is 4.08. The van der Waals surface area contributed by atoms with Gasteiger partial charge in [-0.25, -0.2) is 8.42 Å². The highest BCUT2D eigenvalue weighted by molar-refractivity contribution is 9.10. The number of carbonyl (C=O) groups is 1. The molecule has 7 heteroatoms. The molecule has 0 saturated carbocycles. The van der Waals surface area contributed by atoms with Crippen LogP contribution in [0.4, 0.5) is 0 Å². The standard InChI is InChI=1S/C14H19BrClNO3S/c1-4-14(5-2,6-3)17-13(18)11-9-10(21(16,19)20)7-8-12(11)15/h7-9H,4-6H2,1-3H3,(H,17,18). The van der Waals surface area contributed by atoms with Gasteiger partial charge in [-0.2, -0.15) is 0 Å². The molecule has 0 aliphatic rings. The minimum Gasteiger partial charge on any atom is -0.347 e. The van der Waals surface area contributed by atoms with Gasteiger partial charge in [0.2, 0.25) is 0 Å². The Bertz CT molecular complexity index is 619. The van der Waals surface area contributed by atoms with Crippen LogP contribution in [-0.4, -0.2) is 19.9 Å². The molecule has 1 N–H and O–H groups in total. The minimum atomic E-state index is -3.86. The zero-order chi connectivity index (χ0) is 16.3. The Kier molecular flexibility index (Phi) is 6.25. The van der Waals surface area contributed by atoms with E-state index in [9.17, 15) is 13.2 Å². The third kappa shape index (κ3) is 4.44. The molecule has 0 bridgehead atoms. The maximum Gasteiger partial charge on any atom is 0.261 e. The molecule has 0 fully saturated rings. The molecule has 0 aromatic heterocycles. The molecule has 1 aromatic carbocycles. The number of carbonyl (C=O) groups excluding carboxylic acids is 1. The third-order valence-corrected chi connectivity index (χ3v) is 5.92. The van der Waals surface area contributed by atoms with Crippen LogP contribution in [0.3, 0.4) is 0 Å². The van der Waals surface area contributed by atoms with Crippen LogP contribution in [0.25, 0.3) is 0 Å². The van der Waals surface area contributed by atoms with Crippen LogP contribution in [0, 0.1) is 0 Å². The molecule has 4 nitrogen and oxygen atoms in total. The predicted molar refractivity (Wildman–Crippen MR) is 88.3 cm³/mol. The normalized spacial score (nSPS) is 12.2. The lowest BCUT2D eigenvalue weighted by molar-refractivity contribution is 0.0887. The maximum atomic E-state index is 12.5. The molecule has 0 aliphatic carbocycles. The van der Waals surface area contributed by atoms with Crippen molar-refractivity contribution in [1.29, 1.82) is 0 Å². The van der Waals surface area contributed by atoms with Gasteiger partial charge in [-0.3, -0.25) is 4.79 Å². The number of amides is 1. The molecular weight excluding hydrogens is 378 g/mol. The largest absolute Gasteiger partial charge is 0.347 e. The van der Waals surface area contributed by atoms with E-state index in [1.54, 1.807) is 0 Å². The molecule has 0 atom stereocenters. The average molecular weight is 397 g/mol. The van der Waals surface area contributed by atoms with Crippen LogP contribution in [0.1, 0.15) is 50.4 Å². The summed E-state index contributed by atoms with van der Waals surface area (Å²) in [7, 11) is 1.46. The summed E-state index contributed by atoms with van der Waals surface area (Å²) in [4.78, 5) is 12.4. The molecule has 1 amide bonds. The lowest BCUT2D eigenvalue weighted by Crippen LogP contribution is -2.47. The number of nitrogens with one attached hydrogen (secondary N) is 1. The minimum absolute atomic E-state index is 0.0902. The second kappa shape index (κ2) is 7.11. The van der Waals surface area contributed by atoms with Gasteiger partial charge in [-0.05, 0) is 53.4 Å². The zero-order valence-corrected chi connectivity index (χ0v) is 15.4. The van der Waals surface area contributed by atoms with Crippen LogP contribution < -0.4 is 5.32 Å². The van der Waals surface area contributed by atoms with E-state index in [0.717, 1.165) is 19.3 Å². The molecule has 0 radical (unpaired) electrons. The molecule has 0 saturated heterocycles. The van der Waals surface area contributed by atoms with E-state index in [1.165, 1.54) is 18.2 Å². The molecule has 1 rings (SSSR count). The average Bonchev–Trinajstić information content (AvgIpc) is 2.44. The Morgan fingerprint density at radius 3 is 2.19 bits per heavy atom. The maximum absolute atomic E-state index is 12.5.